The lowest BCUT2D eigenvalue weighted by Crippen LogP contribution is -2.21. The molecule has 0 amide bonds. The number of nitrogens with two attached hydrogens (primary N) is 1. The van der Waals surface area contributed by atoms with Crippen LogP contribution < -0.4 is 5.73 Å². The van der Waals surface area contributed by atoms with E-state index in [1.807, 2.05) is 0 Å². The Bertz CT molecular complexity index is 259. The lowest BCUT2D eigenvalue weighted by molar-refractivity contribution is -0.0903. The van der Waals surface area contributed by atoms with Crippen molar-refractivity contribution in [3.63, 3.8) is 0 Å². The van der Waals surface area contributed by atoms with Gasteiger partial charge >= 0.3 is 0 Å². The summed E-state index contributed by atoms with van der Waals surface area (Å²) in [6, 6.07) is 0. The summed E-state index contributed by atoms with van der Waals surface area (Å²) in [6.07, 6.45) is -0.0754. The van der Waals surface area contributed by atoms with Crippen molar-refractivity contribution in [1.29, 1.82) is 0 Å². The zero-order chi connectivity index (χ0) is 8.39. The second kappa shape index (κ2) is 3.34. The quantitative estimate of drug-likeness (QED) is 0.680. The Labute approximate surface area is 73.5 Å². The highest BCUT2D eigenvalue weighted by atomic mass is 32.1. The largest absolute Gasteiger partial charge is 0.376 e. The van der Waals surface area contributed by atoms with Gasteiger partial charge in [-0.1, -0.05) is 11.3 Å². The number of rotatable bonds is 1. The summed E-state index contributed by atoms with van der Waals surface area (Å²) in [6.45, 7) is 1.82. The van der Waals surface area contributed by atoms with Gasteiger partial charge in [0.1, 0.15) is 11.1 Å². The van der Waals surface area contributed by atoms with Crippen molar-refractivity contribution < 1.29 is 9.47 Å². The molecule has 2 heterocycles. The molecule has 1 aromatic rings. The fourth-order valence-electron chi connectivity index (χ4n) is 1.01. The van der Waals surface area contributed by atoms with Crippen molar-refractivity contribution in [3.05, 3.63) is 5.01 Å². The molecule has 0 saturated carbocycles. The average molecular weight is 187 g/mol. The molecule has 0 bridgehead atoms. The van der Waals surface area contributed by atoms with Crippen molar-refractivity contribution >= 4 is 16.5 Å². The van der Waals surface area contributed by atoms with E-state index >= 15 is 0 Å². The van der Waals surface area contributed by atoms with Crippen LogP contribution in [0.5, 0.6) is 0 Å². The van der Waals surface area contributed by atoms with Gasteiger partial charge in [-0.2, -0.15) is 0 Å². The molecule has 66 valence electrons. The Kier molecular flexibility index (Phi) is 2.20. The molecule has 1 aliphatic heterocycles. The van der Waals surface area contributed by atoms with Gasteiger partial charge < -0.3 is 15.2 Å². The lowest BCUT2D eigenvalue weighted by atomic mass is 10.4. The molecule has 1 aliphatic rings. The van der Waals surface area contributed by atoms with Crippen molar-refractivity contribution in [2.75, 3.05) is 25.6 Å². The summed E-state index contributed by atoms with van der Waals surface area (Å²) in [4.78, 5) is 0. The average Bonchev–Trinajstić information content (AvgIpc) is 2.54. The van der Waals surface area contributed by atoms with E-state index in [2.05, 4.69) is 10.2 Å². The van der Waals surface area contributed by atoms with Crippen LogP contribution in [0.25, 0.3) is 0 Å². The zero-order valence-corrected chi connectivity index (χ0v) is 7.21. The lowest BCUT2D eigenvalue weighted by Gasteiger charge is -2.20. The number of hydrogen-bond acceptors (Lipinski definition) is 6. The van der Waals surface area contributed by atoms with Gasteiger partial charge in [0.15, 0.2) is 0 Å². The van der Waals surface area contributed by atoms with Crippen molar-refractivity contribution in [3.8, 4) is 0 Å². The molecule has 2 N–H and O–H groups in total. The molecule has 1 fully saturated rings. The first kappa shape index (κ1) is 7.90. The molecule has 5 nitrogen and oxygen atoms in total. The van der Waals surface area contributed by atoms with Crippen LogP contribution in [0.4, 0.5) is 5.13 Å². The molecule has 6 heteroatoms. The van der Waals surface area contributed by atoms with Crippen LogP contribution in [0.3, 0.4) is 0 Å². The summed E-state index contributed by atoms with van der Waals surface area (Å²) in [5, 5.41) is 8.85. The van der Waals surface area contributed by atoms with Gasteiger partial charge in [-0.05, 0) is 0 Å². The molecule has 0 radical (unpaired) electrons. The van der Waals surface area contributed by atoms with Crippen LogP contribution in [-0.2, 0) is 9.47 Å². The van der Waals surface area contributed by atoms with E-state index in [4.69, 9.17) is 15.2 Å². The molecule has 0 aromatic carbocycles. The monoisotopic (exact) mass is 187 g/mol. The van der Waals surface area contributed by atoms with Crippen LogP contribution in [0, 0.1) is 0 Å². The fraction of sp³-hybridized carbons (Fsp3) is 0.667. The highest BCUT2D eigenvalue weighted by molar-refractivity contribution is 7.15. The molecule has 1 unspecified atom stereocenters. The van der Waals surface area contributed by atoms with Crippen LogP contribution in [0.1, 0.15) is 11.1 Å². The van der Waals surface area contributed by atoms with E-state index in [1.54, 1.807) is 0 Å². The summed E-state index contributed by atoms with van der Waals surface area (Å²) in [7, 11) is 0. The van der Waals surface area contributed by atoms with Crippen LogP contribution in [-0.4, -0.2) is 30.0 Å². The van der Waals surface area contributed by atoms with Gasteiger partial charge in [-0.15, -0.1) is 10.2 Å². The topological polar surface area (TPSA) is 70.3 Å². The Hall–Kier alpha value is -0.720. The molecule has 1 saturated heterocycles. The van der Waals surface area contributed by atoms with Crippen molar-refractivity contribution in [1.82, 2.24) is 10.2 Å². The number of nitrogen functional groups attached to an aromatic ring is 1. The predicted molar refractivity (Wildman–Crippen MR) is 43.8 cm³/mol. The number of ether oxygens (including phenoxy) is 2. The smallest absolute Gasteiger partial charge is 0.203 e. The Morgan fingerprint density at radius 1 is 1.42 bits per heavy atom. The predicted octanol–water partition coefficient (Wildman–Crippen LogP) is 0.208. The summed E-state index contributed by atoms with van der Waals surface area (Å²) in [5.41, 5.74) is 5.43. The van der Waals surface area contributed by atoms with Gasteiger partial charge in [0.2, 0.25) is 5.13 Å². The first-order valence-electron chi connectivity index (χ1n) is 3.64. The van der Waals surface area contributed by atoms with Crippen molar-refractivity contribution in [2.45, 2.75) is 6.10 Å². The normalized spacial score (nSPS) is 24.2. The minimum atomic E-state index is -0.0754. The number of anilines is 1. The molecule has 0 aliphatic carbocycles. The maximum atomic E-state index is 5.43. The van der Waals surface area contributed by atoms with Gasteiger partial charge in [0, 0.05) is 0 Å². The number of nitrogens with zero attached hydrogens (tertiary/aromatic N) is 2. The molecule has 1 aromatic heterocycles. The molecule has 12 heavy (non-hydrogen) atoms. The zero-order valence-electron chi connectivity index (χ0n) is 6.40. The maximum absolute atomic E-state index is 5.43. The van der Waals surface area contributed by atoms with Gasteiger partial charge in [0.05, 0.1) is 19.8 Å². The second-order valence-corrected chi connectivity index (χ2v) is 3.45. The first-order valence-corrected chi connectivity index (χ1v) is 4.46. The standard InChI is InChI=1S/C6H9N3O2S/c7-6-9-8-5(12-6)4-3-10-1-2-11-4/h4H,1-3H2,(H2,7,9). The first-order chi connectivity index (χ1) is 5.86. The van der Waals surface area contributed by atoms with Crippen molar-refractivity contribution in [2.24, 2.45) is 0 Å². The molecule has 1 atom stereocenters. The number of aromatic nitrogens is 2. The van der Waals surface area contributed by atoms with E-state index < -0.39 is 0 Å². The van der Waals surface area contributed by atoms with Gasteiger partial charge in [-0.3, -0.25) is 0 Å². The third-order valence-corrected chi connectivity index (χ3v) is 2.39. The van der Waals surface area contributed by atoms with E-state index in [9.17, 15) is 0 Å². The number of hydrogen-bond donors (Lipinski definition) is 1. The van der Waals surface area contributed by atoms with E-state index in [0.717, 1.165) is 5.01 Å². The van der Waals surface area contributed by atoms with Crippen LogP contribution >= 0.6 is 11.3 Å². The minimum Gasteiger partial charge on any atom is -0.376 e. The second-order valence-electron chi connectivity index (χ2n) is 2.41. The highest BCUT2D eigenvalue weighted by Gasteiger charge is 2.20. The summed E-state index contributed by atoms with van der Waals surface area (Å²) >= 11 is 1.34. The van der Waals surface area contributed by atoms with Gasteiger partial charge in [0.25, 0.3) is 0 Å². The Balaban J connectivity index is 2.08. The molecular formula is C6H9N3O2S. The molecular weight excluding hydrogens is 178 g/mol. The Morgan fingerprint density at radius 2 is 2.33 bits per heavy atom. The summed E-state index contributed by atoms with van der Waals surface area (Å²) < 4.78 is 10.6. The van der Waals surface area contributed by atoms with Crippen LogP contribution in [0.2, 0.25) is 0 Å². The molecule has 2 rings (SSSR count). The highest BCUT2D eigenvalue weighted by Crippen LogP contribution is 2.24. The van der Waals surface area contributed by atoms with E-state index in [0.29, 0.717) is 25.0 Å². The summed E-state index contributed by atoms with van der Waals surface area (Å²) in [5.74, 6) is 0. The van der Waals surface area contributed by atoms with E-state index in [1.165, 1.54) is 11.3 Å². The third-order valence-electron chi connectivity index (χ3n) is 1.55. The maximum Gasteiger partial charge on any atom is 0.203 e. The molecule has 0 spiro atoms. The fourth-order valence-corrected chi connectivity index (χ4v) is 1.65. The third kappa shape index (κ3) is 1.55. The Morgan fingerprint density at radius 3 is 2.92 bits per heavy atom. The van der Waals surface area contributed by atoms with Gasteiger partial charge in [-0.25, -0.2) is 0 Å². The minimum absolute atomic E-state index is 0.0754. The SMILES string of the molecule is Nc1nnc(C2COCCO2)s1. The van der Waals surface area contributed by atoms with Crippen LogP contribution in [0.15, 0.2) is 0 Å². The van der Waals surface area contributed by atoms with E-state index in [-0.39, 0.29) is 6.10 Å².